The molecule has 1 unspecified atom stereocenters. The standard InChI is InChI=1S/C22H20BrN5O3/c1-12-18(13(2)28(27-12)17-9-7-15(23)8-10-17)19(29)24-16-6-4-5-14(11-16)22(3)20(30)25-21(31)26-22/h4-11H,1-3H3,(H,24,29)(H2,25,26,30,31). The minimum Gasteiger partial charge on any atom is -0.322 e. The van der Waals surface area contributed by atoms with Crippen LogP contribution in [0.4, 0.5) is 10.5 Å². The van der Waals surface area contributed by atoms with Crippen molar-refractivity contribution in [1.82, 2.24) is 20.4 Å². The predicted octanol–water partition coefficient (Wildman–Crippen LogP) is 3.56. The summed E-state index contributed by atoms with van der Waals surface area (Å²) in [5.74, 6) is -0.746. The van der Waals surface area contributed by atoms with Gasteiger partial charge in [0.05, 0.1) is 22.6 Å². The molecule has 0 saturated carbocycles. The summed E-state index contributed by atoms with van der Waals surface area (Å²) in [5, 5.41) is 12.3. The molecule has 4 rings (SSSR count). The fourth-order valence-electron chi connectivity index (χ4n) is 3.65. The molecule has 1 aromatic heterocycles. The highest BCUT2D eigenvalue weighted by molar-refractivity contribution is 9.10. The average molecular weight is 482 g/mol. The number of nitrogens with zero attached hydrogens (tertiary/aromatic N) is 2. The summed E-state index contributed by atoms with van der Waals surface area (Å²) in [6.07, 6.45) is 0. The number of aryl methyl sites for hydroxylation is 1. The molecule has 1 saturated heterocycles. The zero-order valence-corrected chi connectivity index (χ0v) is 18.7. The molecule has 8 nitrogen and oxygen atoms in total. The van der Waals surface area contributed by atoms with E-state index in [0.717, 1.165) is 10.2 Å². The maximum absolute atomic E-state index is 13.1. The van der Waals surface area contributed by atoms with Crippen LogP contribution in [0.15, 0.2) is 53.0 Å². The second-order valence-corrected chi connectivity index (χ2v) is 8.42. The first-order valence-corrected chi connectivity index (χ1v) is 10.4. The Hall–Kier alpha value is -3.46. The molecule has 3 aromatic rings. The number of nitrogens with one attached hydrogen (secondary N) is 3. The number of urea groups is 1. The van der Waals surface area contributed by atoms with E-state index in [1.165, 1.54) is 0 Å². The lowest BCUT2D eigenvalue weighted by molar-refractivity contribution is -0.123. The van der Waals surface area contributed by atoms with Crippen molar-refractivity contribution in [3.8, 4) is 5.69 Å². The second kappa shape index (κ2) is 7.66. The molecule has 0 spiro atoms. The molecule has 31 heavy (non-hydrogen) atoms. The van der Waals surface area contributed by atoms with Gasteiger partial charge in [0.1, 0.15) is 5.54 Å². The van der Waals surface area contributed by atoms with Gasteiger partial charge < -0.3 is 10.6 Å². The Kier molecular flexibility index (Phi) is 5.14. The third kappa shape index (κ3) is 3.72. The van der Waals surface area contributed by atoms with Gasteiger partial charge in [-0.15, -0.1) is 0 Å². The first-order chi connectivity index (χ1) is 14.7. The number of imide groups is 1. The molecule has 1 atom stereocenters. The number of amides is 4. The van der Waals surface area contributed by atoms with E-state index >= 15 is 0 Å². The number of benzene rings is 2. The van der Waals surface area contributed by atoms with Crippen LogP contribution in [0, 0.1) is 13.8 Å². The number of hydrogen-bond donors (Lipinski definition) is 3. The van der Waals surface area contributed by atoms with Crippen molar-refractivity contribution in [2.45, 2.75) is 26.3 Å². The maximum atomic E-state index is 13.1. The minimum absolute atomic E-state index is 0.305. The fourth-order valence-corrected chi connectivity index (χ4v) is 3.92. The van der Waals surface area contributed by atoms with E-state index in [9.17, 15) is 14.4 Å². The van der Waals surface area contributed by atoms with Crippen molar-refractivity contribution in [2.75, 3.05) is 5.32 Å². The Bertz CT molecular complexity index is 1220. The van der Waals surface area contributed by atoms with Gasteiger partial charge in [0.25, 0.3) is 11.8 Å². The summed E-state index contributed by atoms with van der Waals surface area (Å²) in [7, 11) is 0. The second-order valence-electron chi connectivity index (χ2n) is 7.50. The van der Waals surface area contributed by atoms with Crippen molar-refractivity contribution in [3.05, 3.63) is 75.5 Å². The van der Waals surface area contributed by atoms with Crippen LogP contribution in [-0.2, 0) is 10.3 Å². The van der Waals surface area contributed by atoms with Crippen LogP contribution in [0.5, 0.6) is 0 Å². The van der Waals surface area contributed by atoms with E-state index in [1.807, 2.05) is 31.2 Å². The summed E-state index contributed by atoms with van der Waals surface area (Å²) < 4.78 is 2.68. The highest BCUT2D eigenvalue weighted by Crippen LogP contribution is 2.27. The molecule has 0 bridgehead atoms. The van der Waals surface area contributed by atoms with Gasteiger partial charge in [-0.25, -0.2) is 9.48 Å². The van der Waals surface area contributed by atoms with Gasteiger partial charge in [-0.05, 0) is 62.7 Å². The van der Waals surface area contributed by atoms with Gasteiger partial charge in [-0.2, -0.15) is 5.10 Å². The van der Waals surface area contributed by atoms with Gasteiger partial charge in [-0.3, -0.25) is 14.9 Å². The third-order valence-corrected chi connectivity index (χ3v) is 5.86. The summed E-state index contributed by atoms with van der Waals surface area (Å²) >= 11 is 3.42. The molecule has 158 valence electrons. The van der Waals surface area contributed by atoms with Crippen LogP contribution in [0.2, 0.25) is 0 Å². The lowest BCUT2D eigenvalue weighted by Crippen LogP contribution is -2.40. The van der Waals surface area contributed by atoms with Gasteiger partial charge in [0.2, 0.25) is 0 Å². The van der Waals surface area contributed by atoms with E-state index in [4.69, 9.17) is 0 Å². The summed E-state index contributed by atoms with van der Waals surface area (Å²) in [6, 6.07) is 13.9. The molecule has 9 heteroatoms. The van der Waals surface area contributed by atoms with Crippen molar-refractivity contribution in [1.29, 1.82) is 0 Å². The molecular weight excluding hydrogens is 462 g/mol. The molecule has 1 aliphatic heterocycles. The van der Waals surface area contributed by atoms with E-state index in [0.29, 0.717) is 28.2 Å². The van der Waals surface area contributed by atoms with Gasteiger partial charge >= 0.3 is 6.03 Å². The summed E-state index contributed by atoms with van der Waals surface area (Å²) in [6.45, 7) is 5.24. The fraction of sp³-hybridized carbons (Fsp3) is 0.182. The number of hydrogen-bond acceptors (Lipinski definition) is 4. The number of aromatic nitrogens is 2. The third-order valence-electron chi connectivity index (χ3n) is 5.33. The molecule has 2 heterocycles. The Balaban J connectivity index is 1.62. The Labute approximate surface area is 187 Å². The van der Waals surface area contributed by atoms with E-state index in [1.54, 1.807) is 42.8 Å². The molecule has 3 N–H and O–H groups in total. The van der Waals surface area contributed by atoms with E-state index in [2.05, 4.69) is 37.0 Å². The molecule has 0 radical (unpaired) electrons. The number of carbonyl (C=O) groups is 3. The van der Waals surface area contributed by atoms with Crippen LogP contribution >= 0.6 is 15.9 Å². The number of anilines is 1. The first-order valence-electron chi connectivity index (χ1n) is 9.56. The Morgan fingerprint density at radius 3 is 2.48 bits per heavy atom. The molecule has 1 fully saturated rings. The van der Waals surface area contributed by atoms with E-state index < -0.39 is 17.5 Å². The largest absolute Gasteiger partial charge is 0.322 e. The SMILES string of the molecule is Cc1nn(-c2ccc(Br)cc2)c(C)c1C(=O)Nc1cccc(C2(C)NC(=O)NC2=O)c1. The van der Waals surface area contributed by atoms with Crippen LogP contribution in [-0.4, -0.2) is 27.6 Å². The molecule has 2 aromatic carbocycles. The highest BCUT2D eigenvalue weighted by Gasteiger charge is 2.43. The zero-order chi connectivity index (χ0) is 22.3. The molecule has 4 amide bonds. The number of carbonyl (C=O) groups excluding carboxylic acids is 3. The lowest BCUT2D eigenvalue weighted by Gasteiger charge is -2.21. The van der Waals surface area contributed by atoms with Crippen LogP contribution in [0.3, 0.4) is 0 Å². The monoisotopic (exact) mass is 481 g/mol. The quantitative estimate of drug-likeness (QED) is 0.495. The van der Waals surface area contributed by atoms with Crippen LogP contribution < -0.4 is 16.0 Å². The maximum Gasteiger partial charge on any atom is 0.322 e. The van der Waals surface area contributed by atoms with Gasteiger partial charge in [-0.1, -0.05) is 28.1 Å². The van der Waals surface area contributed by atoms with Gasteiger partial charge in [0.15, 0.2) is 0 Å². The normalized spacial score (nSPS) is 17.9. The minimum atomic E-state index is -1.20. The Morgan fingerprint density at radius 2 is 1.84 bits per heavy atom. The summed E-state index contributed by atoms with van der Waals surface area (Å²) in [5.41, 5.74) is 2.51. The Morgan fingerprint density at radius 1 is 1.13 bits per heavy atom. The predicted molar refractivity (Wildman–Crippen MR) is 119 cm³/mol. The molecule has 0 aliphatic carbocycles. The molecular formula is C22H20BrN5O3. The van der Waals surface area contributed by atoms with Crippen molar-refractivity contribution < 1.29 is 14.4 Å². The topological polar surface area (TPSA) is 105 Å². The summed E-state index contributed by atoms with van der Waals surface area (Å²) in [4.78, 5) is 36.9. The van der Waals surface area contributed by atoms with Crippen molar-refractivity contribution in [2.24, 2.45) is 0 Å². The highest BCUT2D eigenvalue weighted by atomic mass is 79.9. The van der Waals surface area contributed by atoms with E-state index in [-0.39, 0.29) is 5.91 Å². The number of rotatable bonds is 4. The van der Waals surface area contributed by atoms with Crippen molar-refractivity contribution in [3.63, 3.8) is 0 Å². The lowest BCUT2D eigenvalue weighted by atomic mass is 9.92. The zero-order valence-electron chi connectivity index (χ0n) is 17.1. The van der Waals surface area contributed by atoms with Crippen LogP contribution in [0.1, 0.15) is 34.2 Å². The molecule has 1 aliphatic rings. The number of halogens is 1. The smallest absolute Gasteiger partial charge is 0.322 e. The van der Waals surface area contributed by atoms with Gasteiger partial charge in [0, 0.05) is 10.2 Å². The van der Waals surface area contributed by atoms with Crippen LogP contribution in [0.25, 0.3) is 5.69 Å². The average Bonchev–Trinajstić information content (AvgIpc) is 3.17. The van der Waals surface area contributed by atoms with Crippen molar-refractivity contribution >= 4 is 39.5 Å². The first kappa shape index (κ1) is 20.8.